The van der Waals surface area contributed by atoms with E-state index in [9.17, 15) is 0 Å². The van der Waals surface area contributed by atoms with Crippen molar-refractivity contribution in [2.45, 2.75) is 5.88 Å². The number of alkyl halides is 1. The summed E-state index contributed by atoms with van der Waals surface area (Å²) in [6.45, 7) is 0. The van der Waals surface area contributed by atoms with Crippen LogP contribution < -0.4 is 0 Å². The fourth-order valence-corrected chi connectivity index (χ4v) is 1.11. The van der Waals surface area contributed by atoms with Crippen LogP contribution in [0.2, 0.25) is 10.3 Å². The van der Waals surface area contributed by atoms with E-state index in [0.717, 1.165) is 0 Å². The molecule has 5 heteroatoms. The Kier molecular flexibility index (Phi) is 2.72. The first-order valence-corrected chi connectivity index (χ1v) is 3.76. The zero-order valence-corrected chi connectivity index (χ0v) is 7.08. The third kappa shape index (κ3) is 1.72. The molecular formula is C5H3Cl3N2. The van der Waals surface area contributed by atoms with E-state index >= 15 is 0 Å². The van der Waals surface area contributed by atoms with Gasteiger partial charge in [-0.3, -0.25) is 4.98 Å². The second kappa shape index (κ2) is 3.37. The van der Waals surface area contributed by atoms with E-state index in [0.29, 0.717) is 5.69 Å². The van der Waals surface area contributed by atoms with Crippen molar-refractivity contribution in [3.63, 3.8) is 0 Å². The van der Waals surface area contributed by atoms with Gasteiger partial charge in [-0.2, -0.15) is 0 Å². The van der Waals surface area contributed by atoms with Crippen molar-refractivity contribution in [3.05, 3.63) is 22.2 Å². The van der Waals surface area contributed by atoms with Gasteiger partial charge in [0, 0.05) is 0 Å². The Labute approximate surface area is 73.1 Å². The maximum atomic E-state index is 5.59. The van der Waals surface area contributed by atoms with E-state index in [1.54, 1.807) is 0 Å². The van der Waals surface area contributed by atoms with E-state index in [4.69, 9.17) is 34.8 Å². The Morgan fingerprint density at radius 3 is 2.60 bits per heavy atom. The smallest absolute Gasteiger partial charge is 0.153 e. The number of rotatable bonds is 1. The molecule has 0 saturated heterocycles. The molecule has 0 aliphatic heterocycles. The van der Waals surface area contributed by atoms with E-state index in [1.165, 1.54) is 6.20 Å². The van der Waals surface area contributed by atoms with Crippen molar-refractivity contribution in [1.82, 2.24) is 9.97 Å². The molecule has 0 radical (unpaired) electrons. The minimum absolute atomic E-state index is 0.253. The molecule has 1 aromatic rings. The molecule has 0 fully saturated rings. The maximum absolute atomic E-state index is 5.59. The molecule has 0 spiro atoms. The highest BCUT2D eigenvalue weighted by Gasteiger charge is 2.01. The summed E-state index contributed by atoms with van der Waals surface area (Å²) >= 11 is 16.5. The molecule has 0 aliphatic carbocycles. The van der Waals surface area contributed by atoms with Crippen molar-refractivity contribution < 1.29 is 0 Å². The van der Waals surface area contributed by atoms with Gasteiger partial charge in [-0.1, -0.05) is 23.2 Å². The highest BCUT2D eigenvalue weighted by molar-refractivity contribution is 6.33. The fourth-order valence-electron chi connectivity index (χ4n) is 0.461. The zero-order chi connectivity index (χ0) is 7.56. The quantitative estimate of drug-likeness (QED) is 0.647. The molecule has 54 valence electrons. The van der Waals surface area contributed by atoms with Crippen molar-refractivity contribution in [2.24, 2.45) is 0 Å². The van der Waals surface area contributed by atoms with Crippen molar-refractivity contribution in [1.29, 1.82) is 0 Å². The second-order valence-corrected chi connectivity index (χ2v) is 2.58. The summed E-state index contributed by atoms with van der Waals surface area (Å²) in [4.78, 5) is 7.57. The topological polar surface area (TPSA) is 25.8 Å². The van der Waals surface area contributed by atoms with Crippen LogP contribution in [0.1, 0.15) is 5.69 Å². The predicted molar refractivity (Wildman–Crippen MR) is 41.6 cm³/mol. The van der Waals surface area contributed by atoms with E-state index in [-0.39, 0.29) is 16.2 Å². The fraction of sp³-hybridized carbons (Fsp3) is 0.200. The van der Waals surface area contributed by atoms with Gasteiger partial charge in [0.15, 0.2) is 5.15 Å². The monoisotopic (exact) mass is 196 g/mol. The van der Waals surface area contributed by atoms with Crippen LogP contribution in [0, 0.1) is 0 Å². The standard InChI is InChI=1S/C5H3Cl3N2/c6-1-3-5(8)10-4(7)2-9-3/h2H,1H2. The predicted octanol–water partition coefficient (Wildman–Crippen LogP) is 2.52. The first kappa shape index (κ1) is 8.05. The Hall–Kier alpha value is -0.0500. The molecule has 0 bridgehead atoms. The molecule has 0 unspecified atom stereocenters. The molecule has 0 N–H and O–H groups in total. The highest BCUT2D eigenvalue weighted by atomic mass is 35.5. The third-order valence-electron chi connectivity index (χ3n) is 0.897. The lowest BCUT2D eigenvalue weighted by molar-refractivity contribution is 1.10. The van der Waals surface area contributed by atoms with Crippen molar-refractivity contribution in [2.75, 3.05) is 0 Å². The Morgan fingerprint density at radius 1 is 1.40 bits per heavy atom. The average Bonchev–Trinajstić information content (AvgIpc) is 1.88. The molecule has 2 nitrogen and oxygen atoms in total. The summed E-state index contributed by atoms with van der Waals surface area (Å²) in [5, 5.41) is 0.543. The van der Waals surface area contributed by atoms with Gasteiger partial charge in [0.1, 0.15) is 5.15 Å². The summed E-state index contributed by atoms with van der Waals surface area (Å²) in [5.74, 6) is 0.253. The Balaban J connectivity index is 3.07. The van der Waals surface area contributed by atoms with Crippen LogP contribution in [0.3, 0.4) is 0 Å². The van der Waals surface area contributed by atoms with E-state index in [1.807, 2.05) is 0 Å². The Morgan fingerprint density at radius 2 is 2.10 bits per heavy atom. The Bertz CT molecular complexity index is 238. The molecule has 1 aromatic heterocycles. The maximum Gasteiger partial charge on any atom is 0.153 e. The van der Waals surface area contributed by atoms with Gasteiger partial charge in [-0.25, -0.2) is 4.98 Å². The molecular weight excluding hydrogens is 194 g/mol. The van der Waals surface area contributed by atoms with Crippen LogP contribution in [-0.4, -0.2) is 9.97 Å². The van der Waals surface area contributed by atoms with Crippen LogP contribution in [0.15, 0.2) is 6.20 Å². The largest absolute Gasteiger partial charge is 0.254 e. The van der Waals surface area contributed by atoms with Gasteiger partial charge in [-0.05, 0) is 0 Å². The number of aromatic nitrogens is 2. The summed E-state index contributed by atoms with van der Waals surface area (Å²) in [7, 11) is 0. The van der Waals surface area contributed by atoms with Gasteiger partial charge in [-0.15, -0.1) is 11.6 Å². The van der Waals surface area contributed by atoms with Crippen LogP contribution in [0.4, 0.5) is 0 Å². The molecule has 0 amide bonds. The van der Waals surface area contributed by atoms with Gasteiger partial charge < -0.3 is 0 Å². The normalized spacial score (nSPS) is 9.90. The van der Waals surface area contributed by atoms with Gasteiger partial charge >= 0.3 is 0 Å². The first-order valence-electron chi connectivity index (χ1n) is 2.47. The van der Waals surface area contributed by atoms with Gasteiger partial charge in [0.25, 0.3) is 0 Å². The second-order valence-electron chi connectivity index (χ2n) is 1.56. The zero-order valence-electron chi connectivity index (χ0n) is 4.81. The first-order chi connectivity index (χ1) is 4.74. The van der Waals surface area contributed by atoms with Crippen molar-refractivity contribution >= 4 is 34.8 Å². The lowest BCUT2D eigenvalue weighted by Crippen LogP contribution is -1.89. The van der Waals surface area contributed by atoms with Crippen LogP contribution in [0.5, 0.6) is 0 Å². The van der Waals surface area contributed by atoms with Crippen molar-refractivity contribution in [3.8, 4) is 0 Å². The number of halogens is 3. The average molecular weight is 197 g/mol. The number of nitrogens with zero attached hydrogens (tertiary/aromatic N) is 2. The molecule has 10 heavy (non-hydrogen) atoms. The molecule has 0 aliphatic rings. The summed E-state index contributed by atoms with van der Waals surface area (Å²) in [6.07, 6.45) is 1.41. The third-order valence-corrected chi connectivity index (χ3v) is 1.63. The van der Waals surface area contributed by atoms with E-state index < -0.39 is 0 Å². The lowest BCUT2D eigenvalue weighted by Gasteiger charge is -1.95. The summed E-state index contributed by atoms with van der Waals surface area (Å²) < 4.78 is 0. The van der Waals surface area contributed by atoms with Crippen LogP contribution in [-0.2, 0) is 5.88 Å². The summed E-state index contributed by atoms with van der Waals surface area (Å²) in [6, 6.07) is 0. The molecule has 1 heterocycles. The highest BCUT2D eigenvalue weighted by Crippen LogP contribution is 2.14. The molecule has 1 rings (SSSR count). The minimum atomic E-state index is 0.253. The van der Waals surface area contributed by atoms with Gasteiger partial charge in [0.05, 0.1) is 17.8 Å². The number of hydrogen-bond donors (Lipinski definition) is 0. The van der Waals surface area contributed by atoms with Gasteiger partial charge in [0.2, 0.25) is 0 Å². The molecule has 0 saturated carbocycles. The molecule has 0 atom stereocenters. The summed E-state index contributed by atoms with van der Waals surface area (Å²) in [5.41, 5.74) is 0.549. The van der Waals surface area contributed by atoms with E-state index in [2.05, 4.69) is 9.97 Å². The molecule has 0 aromatic carbocycles. The number of hydrogen-bond acceptors (Lipinski definition) is 2. The van der Waals surface area contributed by atoms with Crippen LogP contribution in [0.25, 0.3) is 0 Å². The minimum Gasteiger partial charge on any atom is -0.254 e. The SMILES string of the molecule is ClCc1ncc(Cl)nc1Cl. The lowest BCUT2D eigenvalue weighted by atomic mass is 10.5. The van der Waals surface area contributed by atoms with Crippen LogP contribution >= 0.6 is 34.8 Å².